The molecule has 0 atom stereocenters. The highest BCUT2D eigenvalue weighted by atomic mass is 16.5. The van der Waals surface area contributed by atoms with Gasteiger partial charge in [0, 0.05) is 18.5 Å². The first-order valence-corrected chi connectivity index (χ1v) is 7.22. The zero-order chi connectivity index (χ0) is 14.4. The monoisotopic (exact) mass is 280 g/mol. The molecule has 0 radical (unpaired) electrons. The Labute approximate surface area is 120 Å². The molecule has 20 heavy (non-hydrogen) atoms. The van der Waals surface area contributed by atoms with Crippen molar-refractivity contribution in [3.63, 3.8) is 0 Å². The third-order valence-electron chi connectivity index (χ3n) is 3.98. The van der Waals surface area contributed by atoms with Crippen molar-refractivity contribution in [2.75, 3.05) is 37.4 Å². The number of nitrogens with one attached hydrogen (secondary N) is 2. The molecule has 6 heteroatoms. The minimum Gasteiger partial charge on any atom is -0.490 e. The SMILES string of the molecule is CCNc1ncnc(NCC2(CO)CCCC2)c1OC. The normalized spacial score (nSPS) is 16.9. The first-order chi connectivity index (χ1) is 9.74. The van der Waals surface area contributed by atoms with Crippen molar-refractivity contribution in [3.05, 3.63) is 6.33 Å². The zero-order valence-electron chi connectivity index (χ0n) is 12.3. The number of methoxy groups -OCH3 is 1. The summed E-state index contributed by atoms with van der Waals surface area (Å²) in [6.45, 7) is 3.71. The van der Waals surface area contributed by atoms with E-state index in [2.05, 4.69) is 20.6 Å². The number of hydrogen-bond donors (Lipinski definition) is 3. The number of hydrogen-bond acceptors (Lipinski definition) is 6. The Kier molecular flexibility index (Phi) is 5.00. The number of nitrogens with zero attached hydrogens (tertiary/aromatic N) is 2. The number of ether oxygens (including phenoxy) is 1. The fraction of sp³-hybridized carbons (Fsp3) is 0.714. The Morgan fingerprint density at radius 2 is 1.90 bits per heavy atom. The van der Waals surface area contributed by atoms with E-state index in [0.29, 0.717) is 23.9 Å². The lowest BCUT2D eigenvalue weighted by atomic mass is 9.87. The van der Waals surface area contributed by atoms with E-state index >= 15 is 0 Å². The van der Waals surface area contributed by atoms with Gasteiger partial charge in [-0.3, -0.25) is 0 Å². The Morgan fingerprint density at radius 3 is 2.45 bits per heavy atom. The van der Waals surface area contributed by atoms with Crippen LogP contribution in [0.4, 0.5) is 11.6 Å². The van der Waals surface area contributed by atoms with Crippen LogP contribution in [0.25, 0.3) is 0 Å². The van der Waals surface area contributed by atoms with Gasteiger partial charge in [-0.2, -0.15) is 0 Å². The minimum absolute atomic E-state index is 0.0195. The first kappa shape index (κ1) is 14.8. The van der Waals surface area contributed by atoms with Crippen LogP contribution in [-0.2, 0) is 0 Å². The zero-order valence-corrected chi connectivity index (χ0v) is 12.3. The van der Waals surface area contributed by atoms with Crippen molar-refractivity contribution in [2.24, 2.45) is 5.41 Å². The van der Waals surface area contributed by atoms with Crippen molar-refractivity contribution < 1.29 is 9.84 Å². The molecule has 3 N–H and O–H groups in total. The number of aromatic nitrogens is 2. The van der Waals surface area contributed by atoms with Gasteiger partial charge in [0.15, 0.2) is 11.6 Å². The summed E-state index contributed by atoms with van der Waals surface area (Å²) in [5.41, 5.74) is -0.0195. The van der Waals surface area contributed by atoms with Gasteiger partial charge in [-0.25, -0.2) is 9.97 Å². The lowest BCUT2D eigenvalue weighted by molar-refractivity contribution is 0.142. The van der Waals surface area contributed by atoms with Crippen molar-refractivity contribution in [3.8, 4) is 5.75 Å². The molecular formula is C14H24N4O2. The summed E-state index contributed by atoms with van der Waals surface area (Å²) < 4.78 is 5.40. The van der Waals surface area contributed by atoms with Crippen LogP contribution in [0.5, 0.6) is 5.75 Å². The Bertz CT molecular complexity index is 433. The predicted octanol–water partition coefficient (Wildman–Crippen LogP) is 1.88. The maximum atomic E-state index is 9.64. The largest absolute Gasteiger partial charge is 0.490 e. The van der Waals surface area contributed by atoms with E-state index in [0.717, 1.165) is 19.4 Å². The van der Waals surface area contributed by atoms with Crippen molar-refractivity contribution >= 4 is 11.6 Å². The number of anilines is 2. The van der Waals surface area contributed by atoms with Crippen LogP contribution in [0, 0.1) is 5.41 Å². The molecule has 0 aliphatic heterocycles. The van der Waals surface area contributed by atoms with E-state index in [-0.39, 0.29) is 12.0 Å². The van der Waals surface area contributed by atoms with Crippen LogP contribution in [0.3, 0.4) is 0 Å². The second-order valence-electron chi connectivity index (χ2n) is 5.35. The van der Waals surface area contributed by atoms with Gasteiger partial charge in [0.25, 0.3) is 0 Å². The van der Waals surface area contributed by atoms with Crippen molar-refractivity contribution in [2.45, 2.75) is 32.6 Å². The molecule has 112 valence electrons. The quantitative estimate of drug-likeness (QED) is 0.708. The van der Waals surface area contributed by atoms with E-state index in [1.165, 1.54) is 19.2 Å². The molecule has 0 aromatic carbocycles. The molecule has 1 aliphatic carbocycles. The summed E-state index contributed by atoms with van der Waals surface area (Å²) in [6, 6.07) is 0. The molecule has 1 heterocycles. The predicted molar refractivity (Wildman–Crippen MR) is 79.2 cm³/mol. The van der Waals surface area contributed by atoms with Gasteiger partial charge in [0.05, 0.1) is 13.7 Å². The second-order valence-corrected chi connectivity index (χ2v) is 5.35. The lowest BCUT2D eigenvalue weighted by Gasteiger charge is -2.27. The smallest absolute Gasteiger partial charge is 0.204 e. The lowest BCUT2D eigenvalue weighted by Crippen LogP contribution is -2.31. The highest BCUT2D eigenvalue weighted by Crippen LogP contribution is 2.38. The van der Waals surface area contributed by atoms with Crippen LogP contribution in [0.1, 0.15) is 32.6 Å². The number of aliphatic hydroxyl groups excluding tert-OH is 1. The molecule has 0 unspecified atom stereocenters. The molecule has 1 aromatic rings. The maximum absolute atomic E-state index is 9.64. The van der Waals surface area contributed by atoms with Gasteiger partial charge in [0.2, 0.25) is 5.75 Å². The fourth-order valence-corrected chi connectivity index (χ4v) is 2.77. The third-order valence-corrected chi connectivity index (χ3v) is 3.98. The average molecular weight is 280 g/mol. The van der Waals surface area contributed by atoms with Gasteiger partial charge in [-0.15, -0.1) is 0 Å². The summed E-state index contributed by atoms with van der Waals surface area (Å²) >= 11 is 0. The van der Waals surface area contributed by atoms with Crippen LogP contribution >= 0.6 is 0 Å². The molecule has 1 fully saturated rings. The minimum atomic E-state index is -0.0195. The topological polar surface area (TPSA) is 79.3 Å². The highest BCUT2D eigenvalue weighted by Gasteiger charge is 2.33. The van der Waals surface area contributed by atoms with Gasteiger partial charge >= 0.3 is 0 Å². The fourth-order valence-electron chi connectivity index (χ4n) is 2.77. The number of rotatable bonds is 7. The van der Waals surface area contributed by atoms with Gasteiger partial charge in [-0.1, -0.05) is 12.8 Å². The summed E-state index contributed by atoms with van der Waals surface area (Å²) in [4.78, 5) is 8.43. The van der Waals surface area contributed by atoms with E-state index in [1.54, 1.807) is 7.11 Å². The molecule has 1 saturated carbocycles. The second kappa shape index (κ2) is 6.74. The number of aliphatic hydroxyl groups is 1. The van der Waals surface area contributed by atoms with E-state index in [9.17, 15) is 5.11 Å². The van der Waals surface area contributed by atoms with E-state index in [4.69, 9.17) is 4.74 Å². The Balaban J connectivity index is 2.10. The summed E-state index contributed by atoms with van der Waals surface area (Å²) in [5, 5.41) is 16.1. The maximum Gasteiger partial charge on any atom is 0.204 e. The summed E-state index contributed by atoms with van der Waals surface area (Å²) in [5.74, 6) is 2.00. The van der Waals surface area contributed by atoms with Crippen LogP contribution < -0.4 is 15.4 Å². The summed E-state index contributed by atoms with van der Waals surface area (Å²) in [7, 11) is 1.61. The van der Waals surface area contributed by atoms with Crippen molar-refractivity contribution in [1.82, 2.24) is 9.97 Å². The third kappa shape index (κ3) is 3.12. The average Bonchev–Trinajstić information content (AvgIpc) is 2.95. The van der Waals surface area contributed by atoms with Gasteiger partial charge in [-0.05, 0) is 19.8 Å². The first-order valence-electron chi connectivity index (χ1n) is 7.22. The van der Waals surface area contributed by atoms with Crippen LogP contribution in [0.15, 0.2) is 6.33 Å². The molecule has 0 bridgehead atoms. The van der Waals surface area contributed by atoms with E-state index < -0.39 is 0 Å². The highest BCUT2D eigenvalue weighted by molar-refractivity contribution is 5.63. The standard InChI is InChI=1S/C14H24N4O2/c1-3-15-12-11(20-2)13(18-10-17-12)16-8-14(9-19)6-4-5-7-14/h10,19H,3-9H2,1-2H3,(H2,15,16,17,18). The van der Waals surface area contributed by atoms with Crippen molar-refractivity contribution in [1.29, 1.82) is 0 Å². The molecular weight excluding hydrogens is 256 g/mol. The molecule has 2 rings (SSSR count). The van der Waals surface area contributed by atoms with Crippen LogP contribution in [0.2, 0.25) is 0 Å². The Morgan fingerprint density at radius 1 is 1.25 bits per heavy atom. The van der Waals surface area contributed by atoms with Crippen LogP contribution in [-0.4, -0.2) is 41.9 Å². The van der Waals surface area contributed by atoms with Gasteiger partial charge < -0.3 is 20.5 Å². The summed E-state index contributed by atoms with van der Waals surface area (Å²) in [6.07, 6.45) is 6.01. The molecule has 0 amide bonds. The van der Waals surface area contributed by atoms with E-state index in [1.807, 2.05) is 6.92 Å². The molecule has 0 saturated heterocycles. The molecule has 1 aromatic heterocycles. The molecule has 0 spiro atoms. The Hall–Kier alpha value is -1.56. The molecule has 1 aliphatic rings. The van der Waals surface area contributed by atoms with Gasteiger partial charge in [0.1, 0.15) is 6.33 Å². The molecule has 6 nitrogen and oxygen atoms in total.